The van der Waals surface area contributed by atoms with E-state index >= 15 is 0 Å². The first-order valence-electron chi connectivity index (χ1n) is 10.1. The maximum atomic E-state index is 12.6. The van der Waals surface area contributed by atoms with Crippen LogP contribution in [0.25, 0.3) is 11.4 Å². The second-order valence-electron chi connectivity index (χ2n) is 7.38. The van der Waals surface area contributed by atoms with Crippen LogP contribution in [0.4, 0.5) is 5.69 Å². The van der Waals surface area contributed by atoms with Gasteiger partial charge in [0, 0.05) is 25.6 Å². The third kappa shape index (κ3) is 6.45. The number of methoxy groups -OCH3 is 1. The molecule has 1 aromatic heterocycles. The van der Waals surface area contributed by atoms with Gasteiger partial charge in [0.15, 0.2) is 0 Å². The highest BCUT2D eigenvalue weighted by molar-refractivity contribution is 7.92. The number of halogens is 1. The molecule has 0 unspecified atom stereocenters. The third-order valence-corrected chi connectivity index (χ3v) is 6.42. The van der Waals surface area contributed by atoms with Gasteiger partial charge in [0.1, 0.15) is 5.75 Å². The Hall–Kier alpha value is -3.11. The summed E-state index contributed by atoms with van der Waals surface area (Å²) in [6, 6.07) is 13.8. The Bertz CT molecular complexity index is 1200. The van der Waals surface area contributed by atoms with Gasteiger partial charge in [0.2, 0.25) is 27.6 Å². The van der Waals surface area contributed by atoms with Crippen molar-refractivity contribution in [3.63, 3.8) is 0 Å². The van der Waals surface area contributed by atoms with E-state index in [9.17, 15) is 13.2 Å². The number of nitrogens with zero attached hydrogens (tertiary/aromatic N) is 4. The third-order valence-electron chi connectivity index (χ3n) is 4.89. The minimum atomic E-state index is -3.51. The maximum absolute atomic E-state index is 12.6. The average molecular weight is 493 g/mol. The number of hydrogen-bond acceptors (Lipinski definition) is 7. The molecule has 0 saturated heterocycles. The molecule has 0 aliphatic heterocycles. The van der Waals surface area contributed by atoms with Gasteiger partial charge in [0.05, 0.1) is 30.6 Å². The molecule has 176 valence electrons. The lowest BCUT2D eigenvalue weighted by Gasteiger charge is -2.23. The molecule has 0 N–H and O–H groups in total. The number of hydrogen-bond donors (Lipinski definition) is 0. The highest BCUT2D eigenvalue weighted by Gasteiger charge is 2.19. The lowest BCUT2D eigenvalue weighted by atomic mass is 10.2. The zero-order valence-electron chi connectivity index (χ0n) is 18.6. The summed E-state index contributed by atoms with van der Waals surface area (Å²) in [6.45, 7) is 0.298. The number of aromatic nitrogens is 2. The van der Waals surface area contributed by atoms with Crippen molar-refractivity contribution in [1.82, 2.24) is 15.0 Å². The van der Waals surface area contributed by atoms with E-state index in [1.165, 1.54) is 16.3 Å². The number of rotatable bonds is 10. The Morgan fingerprint density at radius 2 is 1.85 bits per heavy atom. The number of carbonyl (C=O) groups is 1. The summed E-state index contributed by atoms with van der Waals surface area (Å²) >= 11 is 6.16. The topological polar surface area (TPSA) is 106 Å². The predicted octanol–water partition coefficient (Wildman–Crippen LogP) is 3.60. The zero-order chi connectivity index (χ0) is 24.0. The molecule has 0 spiro atoms. The molecule has 11 heteroatoms. The van der Waals surface area contributed by atoms with Crippen molar-refractivity contribution in [2.45, 2.75) is 19.4 Å². The molecule has 3 aromatic rings. The Labute approximate surface area is 198 Å². The van der Waals surface area contributed by atoms with E-state index in [0.29, 0.717) is 34.3 Å². The lowest BCUT2D eigenvalue weighted by Crippen LogP contribution is -2.32. The summed E-state index contributed by atoms with van der Waals surface area (Å²) in [7, 11) is -0.344. The predicted molar refractivity (Wildman–Crippen MR) is 126 cm³/mol. The van der Waals surface area contributed by atoms with Crippen molar-refractivity contribution < 1.29 is 22.5 Å². The molecule has 0 atom stereocenters. The number of anilines is 1. The van der Waals surface area contributed by atoms with Gasteiger partial charge in [-0.2, -0.15) is 4.98 Å². The first-order chi connectivity index (χ1) is 15.7. The molecule has 0 radical (unpaired) electrons. The second-order valence-corrected chi connectivity index (χ2v) is 9.69. The number of sulfonamides is 1. The van der Waals surface area contributed by atoms with E-state index in [1.807, 2.05) is 6.07 Å². The van der Waals surface area contributed by atoms with Crippen LogP contribution in [0.3, 0.4) is 0 Å². The van der Waals surface area contributed by atoms with Crippen LogP contribution in [-0.4, -0.2) is 56.3 Å². The Kier molecular flexibility index (Phi) is 7.93. The van der Waals surface area contributed by atoms with Crippen LogP contribution in [0, 0.1) is 0 Å². The molecular formula is C22H25ClN4O5S. The summed E-state index contributed by atoms with van der Waals surface area (Å²) in [5, 5.41) is 4.43. The van der Waals surface area contributed by atoms with Crippen molar-refractivity contribution in [3.8, 4) is 17.1 Å². The van der Waals surface area contributed by atoms with Gasteiger partial charge in [0.25, 0.3) is 0 Å². The first-order valence-corrected chi connectivity index (χ1v) is 12.3. The van der Waals surface area contributed by atoms with Gasteiger partial charge in [-0.25, -0.2) is 8.42 Å². The van der Waals surface area contributed by atoms with E-state index < -0.39 is 10.0 Å². The minimum absolute atomic E-state index is 0.130. The van der Waals surface area contributed by atoms with E-state index in [0.717, 1.165) is 6.26 Å². The molecule has 0 saturated carbocycles. The van der Waals surface area contributed by atoms with Crippen LogP contribution in [-0.2, 0) is 21.4 Å². The molecule has 0 aliphatic carbocycles. The Morgan fingerprint density at radius 1 is 1.15 bits per heavy atom. The van der Waals surface area contributed by atoms with Crippen molar-refractivity contribution >= 4 is 33.2 Å². The molecule has 2 aromatic carbocycles. The van der Waals surface area contributed by atoms with Gasteiger partial charge in [-0.15, -0.1) is 0 Å². The lowest BCUT2D eigenvalue weighted by molar-refractivity contribution is -0.130. The fourth-order valence-corrected chi connectivity index (χ4v) is 4.35. The molecule has 1 amide bonds. The molecule has 3 rings (SSSR count). The van der Waals surface area contributed by atoms with Gasteiger partial charge in [-0.1, -0.05) is 28.9 Å². The minimum Gasteiger partial charge on any atom is -0.497 e. The van der Waals surface area contributed by atoms with Crippen LogP contribution < -0.4 is 9.04 Å². The smallest absolute Gasteiger partial charge is 0.246 e. The number of ether oxygens (including phenoxy) is 1. The molecule has 0 fully saturated rings. The maximum Gasteiger partial charge on any atom is 0.246 e. The van der Waals surface area contributed by atoms with Gasteiger partial charge in [-0.05, 0) is 42.8 Å². The molecule has 9 nitrogen and oxygen atoms in total. The largest absolute Gasteiger partial charge is 0.497 e. The van der Waals surface area contributed by atoms with Gasteiger partial charge < -0.3 is 14.2 Å². The molecule has 0 bridgehead atoms. The number of benzene rings is 2. The Balaban J connectivity index is 1.56. The summed E-state index contributed by atoms with van der Waals surface area (Å²) in [5.74, 6) is 1.08. The average Bonchev–Trinajstić information content (AvgIpc) is 3.24. The standard InChI is InChI=1S/C22H25ClN4O5S/c1-26(15-20-24-22(25-32-20)18-7-4-5-8-19(18)23)21(28)9-6-14-27(33(3,29)30)16-10-12-17(31-2)13-11-16/h4-5,7-8,10-13H,6,9,14-15H2,1-3H3. The normalized spacial score (nSPS) is 11.3. The zero-order valence-corrected chi connectivity index (χ0v) is 20.1. The monoisotopic (exact) mass is 492 g/mol. The van der Waals surface area contributed by atoms with Crippen LogP contribution in [0.2, 0.25) is 5.02 Å². The van der Waals surface area contributed by atoms with Crippen LogP contribution in [0.15, 0.2) is 53.1 Å². The summed E-state index contributed by atoms with van der Waals surface area (Å²) in [4.78, 5) is 18.3. The second kappa shape index (κ2) is 10.7. The van der Waals surface area contributed by atoms with Gasteiger partial charge in [-0.3, -0.25) is 9.10 Å². The number of carbonyl (C=O) groups excluding carboxylic acids is 1. The highest BCUT2D eigenvalue weighted by Crippen LogP contribution is 2.25. The van der Waals surface area contributed by atoms with Crippen molar-refractivity contribution in [1.29, 1.82) is 0 Å². The molecule has 1 heterocycles. The molecular weight excluding hydrogens is 468 g/mol. The highest BCUT2D eigenvalue weighted by atomic mass is 35.5. The number of amides is 1. The quantitative estimate of drug-likeness (QED) is 0.425. The molecule has 33 heavy (non-hydrogen) atoms. The van der Waals surface area contributed by atoms with Crippen LogP contribution >= 0.6 is 11.6 Å². The van der Waals surface area contributed by atoms with Crippen molar-refractivity contribution in [2.24, 2.45) is 0 Å². The van der Waals surface area contributed by atoms with E-state index in [2.05, 4.69) is 10.1 Å². The summed E-state index contributed by atoms with van der Waals surface area (Å²) < 4.78 is 36.1. The van der Waals surface area contributed by atoms with Crippen LogP contribution in [0.1, 0.15) is 18.7 Å². The fraction of sp³-hybridized carbons (Fsp3) is 0.318. The van der Waals surface area contributed by atoms with Crippen molar-refractivity contribution in [3.05, 3.63) is 59.4 Å². The van der Waals surface area contributed by atoms with E-state index in [-0.39, 0.29) is 31.3 Å². The summed E-state index contributed by atoms with van der Waals surface area (Å²) in [6.07, 6.45) is 1.64. The van der Waals surface area contributed by atoms with Crippen molar-refractivity contribution in [2.75, 3.05) is 31.3 Å². The molecule has 0 aliphatic rings. The van der Waals surface area contributed by atoms with Gasteiger partial charge >= 0.3 is 0 Å². The fourth-order valence-electron chi connectivity index (χ4n) is 3.16. The SMILES string of the molecule is COc1ccc(N(CCCC(=O)N(C)Cc2nc(-c3ccccc3Cl)no2)S(C)(=O)=O)cc1. The summed E-state index contributed by atoms with van der Waals surface area (Å²) in [5.41, 5.74) is 1.15. The first kappa shape index (κ1) is 24.5. The van der Waals surface area contributed by atoms with Crippen LogP contribution in [0.5, 0.6) is 5.75 Å². The Morgan fingerprint density at radius 3 is 2.48 bits per heavy atom. The van der Waals surface area contributed by atoms with E-state index in [1.54, 1.807) is 49.5 Å². The van der Waals surface area contributed by atoms with E-state index in [4.69, 9.17) is 20.9 Å².